The van der Waals surface area contributed by atoms with Crippen LogP contribution < -0.4 is 4.74 Å². The number of carbonyl (C=O) groups is 3. The fourth-order valence-electron chi connectivity index (χ4n) is 2.97. The van der Waals surface area contributed by atoms with Gasteiger partial charge in [-0.15, -0.1) is 0 Å². The molecule has 0 bridgehead atoms. The van der Waals surface area contributed by atoms with Crippen LogP contribution in [0.3, 0.4) is 0 Å². The summed E-state index contributed by atoms with van der Waals surface area (Å²) in [5.74, 6) is -1.08. The molecule has 5 nitrogen and oxygen atoms in total. The van der Waals surface area contributed by atoms with E-state index in [4.69, 9.17) is 4.74 Å². The molecular formula is C24H15BrFNO4S. The first-order valence-corrected chi connectivity index (χ1v) is 11.1. The molecule has 0 radical (unpaired) electrons. The Morgan fingerprint density at radius 3 is 2.38 bits per heavy atom. The number of imide groups is 1. The quantitative estimate of drug-likeness (QED) is 0.237. The standard InChI is InChI=1S/C24H15BrFNO4S/c25-18-9-7-16(8-10-18)23(29)31-19-11-5-15(6-12-19)13-21-22(28)27(24(30)32-21)14-17-3-1-2-4-20(17)26/h1-13H,14H2/b21-13-. The second kappa shape index (κ2) is 9.50. The highest BCUT2D eigenvalue weighted by atomic mass is 79.9. The van der Waals surface area contributed by atoms with Gasteiger partial charge in [0.2, 0.25) is 0 Å². The topological polar surface area (TPSA) is 63.7 Å². The molecule has 32 heavy (non-hydrogen) atoms. The van der Waals surface area contributed by atoms with E-state index in [2.05, 4.69) is 15.9 Å². The van der Waals surface area contributed by atoms with E-state index in [1.807, 2.05) is 0 Å². The Kier molecular flexibility index (Phi) is 6.53. The van der Waals surface area contributed by atoms with Gasteiger partial charge in [0.1, 0.15) is 11.6 Å². The summed E-state index contributed by atoms with van der Waals surface area (Å²) in [7, 11) is 0. The Hall–Kier alpha value is -3.23. The average Bonchev–Trinajstić information content (AvgIpc) is 3.04. The van der Waals surface area contributed by atoms with E-state index in [9.17, 15) is 18.8 Å². The minimum Gasteiger partial charge on any atom is -0.423 e. The van der Waals surface area contributed by atoms with Gasteiger partial charge in [-0.05, 0) is 65.9 Å². The number of nitrogens with zero attached hydrogens (tertiary/aromatic N) is 1. The Bertz CT molecular complexity index is 1230. The van der Waals surface area contributed by atoms with Crippen LogP contribution in [0.2, 0.25) is 0 Å². The molecular weight excluding hydrogens is 497 g/mol. The van der Waals surface area contributed by atoms with Crippen molar-refractivity contribution < 1.29 is 23.5 Å². The molecule has 0 aliphatic carbocycles. The summed E-state index contributed by atoms with van der Waals surface area (Å²) in [6.45, 7) is -0.125. The van der Waals surface area contributed by atoms with Crippen molar-refractivity contribution in [2.45, 2.75) is 6.54 Å². The third-order valence-electron chi connectivity index (χ3n) is 4.63. The molecule has 0 unspecified atom stereocenters. The maximum atomic E-state index is 13.9. The molecule has 0 aromatic heterocycles. The molecule has 4 rings (SSSR count). The molecule has 8 heteroatoms. The number of thioether (sulfide) groups is 1. The first-order chi connectivity index (χ1) is 15.4. The Morgan fingerprint density at radius 1 is 1.00 bits per heavy atom. The fourth-order valence-corrected chi connectivity index (χ4v) is 4.07. The zero-order chi connectivity index (χ0) is 22.7. The molecule has 3 aromatic rings. The lowest BCUT2D eigenvalue weighted by Crippen LogP contribution is -2.27. The fraction of sp³-hybridized carbons (Fsp3) is 0.0417. The van der Waals surface area contributed by atoms with Gasteiger partial charge in [0.05, 0.1) is 17.0 Å². The Morgan fingerprint density at radius 2 is 1.69 bits per heavy atom. The van der Waals surface area contributed by atoms with Crippen molar-refractivity contribution in [2.75, 3.05) is 0 Å². The first kappa shape index (κ1) is 22.0. The van der Waals surface area contributed by atoms with Crippen LogP contribution in [0.25, 0.3) is 6.08 Å². The molecule has 1 saturated heterocycles. The normalized spacial score (nSPS) is 14.8. The second-order valence-corrected chi connectivity index (χ2v) is 8.73. The lowest BCUT2D eigenvalue weighted by atomic mass is 10.2. The predicted octanol–water partition coefficient (Wildman–Crippen LogP) is 6.04. The van der Waals surface area contributed by atoms with E-state index in [0.717, 1.165) is 21.1 Å². The van der Waals surface area contributed by atoms with Crippen molar-refractivity contribution in [1.82, 2.24) is 4.90 Å². The number of ether oxygens (including phenoxy) is 1. The van der Waals surface area contributed by atoms with Crippen molar-refractivity contribution >= 4 is 50.9 Å². The molecule has 2 amide bonds. The maximum absolute atomic E-state index is 13.9. The number of carbonyl (C=O) groups excluding carboxylic acids is 3. The number of hydrogen-bond acceptors (Lipinski definition) is 5. The van der Waals surface area contributed by atoms with E-state index in [1.54, 1.807) is 66.7 Å². The van der Waals surface area contributed by atoms with Gasteiger partial charge < -0.3 is 4.74 Å². The zero-order valence-corrected chi connectivity index (χ0v) is 18.9. The maximum Gasteiger partial charge on any atom is 0.343 e. The number of benzene rings is 3. The van der Waals surface area contributed by atoms with Crippen molar-refractivity contribution in [3.8, 4) is 5.75 Å². The van der Waals surface area contributed by atoms with Gasteiger partial charge in [0.25, 0.3) is 11.1 Å². The highest BCUT2D eigenvalue weighted by Gasteiger charge is 2.35. The molecule has 0 N–H and O–H groups in total. The monoisotopic (exact) mass is 511 g/mol. The molecule has 1 aliphatic rings. The van der Waals surface area contributed by atoms with Crippen LogP contribution in [0.4, 0.5) is 9.18 Å². The summed E-state index contributed by atoms with van der Waals surface area (Å²) in [5.41, 5.74) is 1.35. The minimum atomic E-state index is -0.487. The number of rotatable bonds is 5. The minimum absolute atomic E-state index is 0.125. The van der Waals surface area contributed by atoms with Crippen LogP contribution in [0.1, 0.15) is 21.5 Å². The zero-order valence-electron chi connectivity index (χ0n) is 16.5. The molecule has 160 valence electrons. The van der Waals surface area contributed by atoms with Gasteiger partial charge in [0, 0.05) is 10.0 Å². The summed E-state index contributed by atoms with van der Waals surface area (Å²) < 4.78 is 20.1. The van der Waals surface area contributed by atoms with Crippen molar-refractivity contribution in [1.29, 1.82) is 0 Å². The van der Waals surface area contributed by atoms with E-state index in [-0.39, 0.29) is 17.0 Å². The van der Waals surface area contributed by atoms with Gasteiger partial charge in [-0.1, -0.05) is 46.3 Å². The van der Waals surface area contributed by atoms with Gasteiger partial charge >= 0.3 is 5.97 Å². The molecule has 1 heterocycles. The number of halogens is 2. The first-order valence-electron chi connectivity index (χ1n) is 9.47. The second-order valence-electron chi connectivity index (χ2n) is 6.82. The molecule has 0 spiro atoms. The van der Waals surface area contributed by atoms with E-state index >= 15 is 0 Å². The lowest BCUT2D eigenvalue weighted by Gasteiger charge is -2.12. The van der Waals surface area contributed by atoms with Crippen LogP contribution >= 0.6 is 27.7 Å². The van der Waals surface area contributed by atoms with Crippen LogP contribution in [-0.2, 0) is 11.3 Å². The van der Waals surface area contributed by atoms with Gasteiger partial charge in [0.15, 0.2) is 0 Å². The summed E-state index contributed by atoms with van der Waals surface area (Å²) in [5, 5.41) is -0.454. The van der Waals surface area contributed by atoms with Crippen LogP contribution in [0, 0.1) is 5.82 Å². The largest absolute Gasteiger partial charge is 0.423 e. The van der Waals surface area contributed by atoms with Gasteiger partial charge in [-0.25, -0.2) is 9.18 Å². The van der Waals surface area contributed by atoms with E-state index in [0.29, 0.717) is 16.9 Å². The summed E-state index contributed by atoms with van der Waals surface area (Å²) >= 11 is 4.11. The SMILES string of the molecule is O=C(Oc1ccc(/C=C2\SC(=O)N(Cc3ccccc3F)C2=O)cc1)c1ccc(Br)cc1. The van der Waals surface area contributed by atoms with Crippen molar-refractivity contribution in [2.24, 2.45) is 0 Å². The number of esters is 1. The number of amides is 2. The Balaban J connectivity index is 1.44. The van der Waals surface area contributed by atoms with Gasteiger partial charge in [-0.2, -0.15) is 0 Å². The highest BCUT2D eigenvalue weighted by molar-refractivity contribution is 9.10. The third-order valence-corrected chi connectivity index (χ3v) is 6.06. The van der Waals surface area contributed by atoms with Crippen LogP contribution in [-0.4, -0.2) is 22.0 Å². The molecule has 1 fully saturated rings. The Labute approximate surface area is 196 Å². The molecule has 1 aliphatic heterocycles. The number of hydrogen-bond donors (Lipinski definition) is 0. The van der Waals surface area contributed by atoms with Crippen molar-refractivity contribution in [3.63, 3.8) is 0 Å². The van der Waals surface area contributed by atoms with Crippen LogP contribution in [0.15, 0.2) is 82.2 Å². The molecule has 3 aromatic carbocycles. The van der Waals surface area contributed by atoms with Crippen molar-refractivity contribution in [3.05, 3.63) is 105 Å². The summed E-state index contributed by atoms with van der Waals surface area (Å²) in [6.07, 6.45) is 1.58. The summed E-state index contributed by atoms with van der Waals surface area (Å²) in [6, 6.07) is 19.4. The van der Waals surface area contributed by atoms with E-state index in [1.165, 1.54) is 12.1 Å². The molecule has 0 atom stereocenters. The smallest absolute Gasteiger partial charge is 0.343 e. The lowest BCUT2D eigenvalue weighted by molar-refractivity contribution is -0.123. The van der Waals surface area contributed by atoms with Gasteiger partial charge in [-0.3, -0.25) is 14.5 Å². The average molecular weight is 512 g/mol. The highest BCUT2D eigenvalue weighted by Crippen LogP contribution is 2.33. The van der Waals surface area contributed by atoms with Crippen LogP contribution in [0.5, 0.6) is 5.75 Å². The third kappa shape index (κ3) is 4.98. The predicted molar refractivity (Wildman–Crippen MR) is 123 cm³/mol. The summed E-state index contributed by atoms with van der Waals surface area (Å²) in [4.78, 5) is 38.4. The van der Waals surface area contributed by atoms with E-state index < -0.39 is 22.9 Å². The molecule has 0 saturated carbocycles.